The molecule has 0 spiro atoms. The van der Waals surface area contributed by atoms with Crippen LogP contribution in [-0.2, 0) is 12.2 Å². The molecule has 5 nitrogen and oxygen atoms in total. The van der Waals surface area contributed by atoms with E-state index in [2.05, 4.69) is 10.1 Å². The van der Waals surface area contributed by atoms with Crippen LogP contribution in [-0.4, -0.2) is 27.4 Å². The molecule has 0 amide bonds. The van der Waals surface area contributed by atoms with Crippen LogP contribution in [0, 0.1) is 5.82 Å². The average Bonchev–Trinajstić information content (AvgIpc) is 2.83. The molecule has 0 saturated carbocycles. The zero-order chi connectivity index (χ0) is 14.6. The normalized spacial score (nSPS) is 14.2. The molecule has 0 bridgehead atoms. The molecule has 108 valence electrons. The van der Waals surface area contributed by atoms with E-state index in [-0.39, 0.29) is 18.8 Å². The zero-order valence-corrected chi connectivity index (χ0v) is 11.9. The molecule has 20 heavy (non-hydrogen) atoms. The van der Waals surface area contributed by atoms with Crippen LogP contribution in [0.2, 0.25) is 0 Å². The lowest BCUT2D eigenvalue weighted by molar-refractivity contribution is 0.0610. The van der Waals surface area contributed by atoms with Crippen molar-refractivity contribution in [1.82, 2.24) is 10.1 Å². The second kappa shape index (κ2) is 6.34. The van der Waals surface area contributed by atoms with Gasteiger partial charge in [0.25, 0.3) is 0 Å². The van der Waals surface area contributed by atoms with Crippen molar-refractivity contribution in [1.29, 1.82) is 0 Å². The predicted octanol–water partition coefficient (Wildman–Crippen LogP) is 1.75. The predicted molar refractivity (Wildman–Crippen MR) is 73.6 cm³/mol. The summed E-state index contributed by atoms with van der Waals surface area (Å²) < 4.78 is 18.1. The Morgan fingerprint density at radius 2 is 2.30 bits per heavy atom. The molecule has 0 fully saturated rings. The third-order valence-corrected chi connectivity index (χ3v) is 3.64. The molecule has 0 aliphatic rings. The highest BCUT2D eigenvalue weighted by Crippen LogP contribution is 2.22. The number of hydrogen-bond acceptors (Lipinski definition) is 6. The Bertz CT molecular complexity index is 574. The molecule has 2 rings (SSSR count). The summed E-state index contributed by atoms with van der Waals surface area (Å²) in [6, 6.07) is 6.31. The molecule has 0 radical (unpaired) electrons. The summed E-state index contributed by atoms with van der Waals surface area (Å²) >= 11 is 1.41. The second-order valence-corrected chi connectivity index (χ2v) is 5.78. The maximum Gasteiger partial charge on any atom is 0.229 e. The van der Waals surface area contributed by atoms with Crippen molar-refractivity contribution in [2.45, 2.75) is 29.6 Å². The van der Waals surface area contributed by atoms with Gasteiger partial charge in [0, 0.05) is 11.4 Å². The lowest BCUT2D eigenvalue weighted by Gasteiger charge is -2.17. The van der Waals surface area contributed by atoms with Gasteiger partial charge >= 0.3 is 0 Å². The maximum atomic E-state index is 13.0. The van der Waals surface area contributed by atoms with Crippen molar-refractivity contribution < 1.29 is 14.0 Å². The van der Waals surface area contributed by atoms with E-state index in [9.17, 15) is 9.50 Å². The highest BCUT2D eigenvalue weighted by atomic mass is 32.2. The van der Waals surface area contributed by atoms with Crippen molar-refractivity contribution in [2.75, 3.05) is 6.54 Å². The van der Waals surface area contributed by atoms with Crippen molar-refractivity contribution in [3.8, 4) is 0 Å². The molecule has 3 N–H and O–H groups in total. The SMILES string of the molecule is CC(O)(CN)Cc1nc(CSc2cccc(F)c2)no1. The van der Waals surface area contributed by atoms with Gasteiger partial charge in [-0.05, 0) is 25.1 Å². The molecule has 1 aromatic carbocycles. The number of nitrogens with zero attached hydrogens (tertiary/aromatic N) is 2. The Morgan fingerprint density at radius 3 is 3.00 bits per heavy atom. The Labute approximate surface area is 120 Å². The maximum absolute atomic E-state index is 13.0. The van der Waals surface area contributed by atoms with Crippen molar-refractivity contribution >= 4 is 11.8 Å². The topological polar surface area (TPSA) is 85.2 Å². The molecule has 0 saturated heterocycles. The average molecular weight is 297 g/mol. The molecule has 1 heterocycles. The second-order valence-electron chi connectivity index (χ2n) is 4.73. The highest BCUT2D eigenvalue weighted by molar-refractivity contribution is 7.98. The van der Waals surface area contributed by atoms with Gasteiger partial charge in [0.15, 0.2) is 5.82 Å². The number of nitrogens with two attached hydrogens (primary N) is 1. The largest absolute Gasteiger partial charge is 0.388 e. The van der Waals surface area contributed by atoms with Crippen LogP contribution in [0.5, 0.6) is 0 Å². The fraction of sp³-hybridized carbons (Fsp3) is 0.385. The molecule has 7 heteroatoms. The Balaban J connectivity index is 1.93. The van der Waals surface area contributed by atoms with Crippen LogP contribution in [0.4, 0.5) is 4.39 Å². The fourth-order valence-electron chi connectivity index (χ4n) is 1.52. The van der Waals surface area contributed by atoms with E-state index in [0.717, 1.165) is 4.90 Å². The summed E-state index contributed by atoms with van der Waals surface area (Å²) in [7, 11) is 0. The van der Waals surface area contributed by atoms with E-state index in [1.54, 1.807) is 13.0 Å². The number of rotatable bonds is 6. The number of aromatic nitrogens is 2. The minimum absolute atomic E-state index is 0.114. The lowest BCUT2D eigenvalue weighted by Crippen LogP contribution is -2.36. The first-order valence-electron chi connectivity index (χ1n) is 6.11. The van der Waals surface area contributed by atoms with Gasteiger partial charge in [-0.3, -0.25) is 0 Å². The summed E-state index contributed by atoms with van der Waals surface area (Å²) in [5.74, 6) is 1.04. The quantitative estimate of drug-likeness (QED) is 0.790. The van der Waals surface area contributed by atoms with Crippen molar-refractivity contribution in [3.63, 3.8) is 0 Å². The minimum atomic E-state index is -1.06. The first kappa shape index (κ1) is 15.0. The first-order chi connectivity index (χ1) is 9.48. The highest BCUT2D eigenvalue weighted by Gasteiger charge is 2.22. The number of halogens is 1. The van der Waals surface area contributed by atoms with Crippen LogP contribution in [0.15, 0.2) is 33.7 Å². The molecule has 1 unspecified atom stereocenters. The van der Waals surface area contributed by atoms with E-state index in [1.165, 1.54) is 23.9 Å². The molecule has 1 aromatic heterocycles. The van der Waals surface area contributed by atoms with Gasteiger partial charge in [0.05, 0.1) is 17.8 Å². The fourth-order valence-corrected chi connectivity index (χ4v) is 2.31. The van der Waals surface area contributed by atoms with E-state index >= 15 is 0 Å². The third-order valence-electron chi connectivity index (χ3n) is 2.65. The van der Waals surface area contributed by atoms with E-state index in [1.807, 2.05) is 6.07 Å². The Morgan fingerprint density at radius 1 is 1.50 bits per heavy atom. The Kier molecular flexibility index (Phi) is 4.74. The number of benzene rings is 1. The van der Waals surface area contributed by atoms with Crippen molar-refractivity contribution in [2.24, 2.45) is 5.73 Å². The smallest absolute Gasteiger partial charge is 0.229 e. The molecule has 2 aromatic rings. The van der Waals surface area contributed by atoms with Crippen LogP contribution in [0.1, 0.15) is 18.6 Å². The first-order valence-corrected chi connectivity index (χ1v) is 7.09. The van der Waals surface area contributed by atoms with Crippen LogP contribution >= 0.6 is 11.8 Å². The number of hydrogen-bond donors (Lipinski definition) is 2. The van der Waals surface area contributed by atoms with Gasteiger partial charge in [0.2, 0.25) is 5.89 Å². The lowest BCUT2D eigenvalue weighted by atomic mass is 10.0. The number of aliphatic hydroxyl groups is 1. The molecule has 1 atom stereocenters. The summed E-state index contributed by atoms with van der Waals surface area (Å²) in [6.45, 7) is 1.72. The van der Waals surface area contributed by atoms with Gasteiger partial charge in [-0.25, -0.2) is 4.39 Å². The van der Waals surface area contributed by atoms with Gasteiger partial charge in [-0.2, -0.15) is 4.98 Å². The van der Waals surface area contributed by atoms with Crippen LogP contribution in [0.25, 0.3) is 0 Å². The van der Waals surface area contributed by atoms with E-state index < -0.39 is 5.60 Å². The van der Waals surface area contributed by atoms with Gasteiger partial charge < -0.3 is 15.4 Å². The summed E-state index contributed by atoms with van der Waals surface area (Å²) in [4.78, 5) is 4.97. The van der Waals surface area contributed by atoms with Gasteiger partial charge in [0.1, 0.15) is 5.82 Å². The summed E-state index contributed by atoms with van der Waals surface area (Å²) in [5.41, 5.74) is 4.37. The van der Waals surface area contributed by atoms with Crippen molar-refractivity contribution in [3.05, 3.63) is 41.8 Å². The number of thioether (sulfide) groups is 1. The molecule has 0 aliphatic heterocycles. The van der Waals surface area contributed by atoms with Gasteiger partial charge in [-0.1, -0.05) is 11.2 Å². The molecule has 0 aliphatic carbocycles. The van der Waals surface area contributed by atoms with E-state index in [0.29, 0.717) is 17.5 Å². The van der Waals surface area contributed by atoms with Crippen LogP contribution in [0.3, 0.4) is 0 Å². The minimum Gasteiger partial charge on any atom is -0.388 e. The summed E-state index contributed by atoms with van der Waals surface area (Å²) in [6.07, 6.45) is 0.209. The summed E-state index contributed by atoms with van der Waals surface area (Å²) in [5, 5.41) is 13.6. The monoisotopic (exact) mass is 297 g/mol. The van der Waals surface area contributed by atoms with E-state index in [4.69, 9.17) is 10.3 Å². The molecular formula is C13H16FN3O2S. The van der Waals surface area contributed by atoms with Gasteiger partial charge in [-0.15, -0.1) is 11.8 Å². The Hall–Kier alpha value is -1.44. The third kappa shape index (κ3) is 4.29. The zero-order valence-electron chi connectivity index (χ0n) is 11.0. The molecular weight excluding hydrogens is 281 g/mol. The van der Waals surface area contributed by atoms with Crippen LogP contribution < -0.4 is 5.73 Å². The standard InChI is InChI=1S/C13H16FN3O2S/c1-13(18,8-15)6-12-16-11(17-19-12)7-20-10-4-2-3-9(14)5-10/h2-5,18H,6-8,15H2,1H3.